The maximum absolute atomic E-state index is 13.4. The van der Waals surface area contributed by atoms with Crippen LogP contribution in [0.4, 0.5) is 4.79 Å². The van der Waals surface area contributed by atoms with Crippen LogP contribution in [0, 0.1) is 5.41 Å². The van der Waals surface area contributed by atoms with E-state index in [0.717, 1.165) is 11.3 Å². The fraction of sp³-hybridized carbons (Fsp3) is 0.333. The van der Waals surface area contributed by atoms with Crippen LogP contribution in [0.25, 0.3) is 0 Å². The van der Waals surface area contributed by atoms with Crippen LogP contribution in [0.15, 0.2) is 65.8 Å². The van der Waals surface area contributed by atoms with Gasteiger partial charge in [-0.05, 0) is 24.1 Å². The number of para-hydroxylation sites is 1. The van der Waals surface area contributed by atoms with Crippen molar-refractivity contribution in [2.75, 3.05) is 26.7 Å². The molecule has 9 nitrogen and oxygen atoms in total. The Bertz CT molecular complexity index is 1060. The summed E-state index contributed by atoms with van der Waals surface area (Å²) in [5.74, 6) is -0.0620. The number of nitrogens with zero attached hydrogens (tertiary/aromatic N) is 3. The molecule has 33 heavy (non-hydrogen) atoms. The van der Waals surface area contributed by atoms with E-state index in [1.54, 1.807) is 36.2 Å². The average Bonchev–Trinajstić information content (AvgIpc) is 3.06. The minimum absolute atomic E-state index is 0.131. The first kappa shape index (κ1) is 22.3. The maximum atomic E-state index is 13.4. The number of ether oxygens (including phenoxy) is 1. The summed E-state index contributed by atoms with van der Waals surface area (Å²) in [7, 11) is 1.62. The molecule has 2 atom stereocenters. The highest BCUT2D eigenvalue weighted by molar-refractivity contribution is 6.13. The molecule has 2 aliphatic heterocycles. The van der Waals surface area contributed by atoms with Crippen LogP contribution in [0.1, 0.15) is 12.0 Å². The van der Waals surface area contributed by atoms with Crippen LogP contribution < -0.4 is 10.1 Å². The number of carboxylic acid groups (broad SMARTS) is 1. The number of hydrogen-bond donors (Lipinski definition) is 2. The van der Waals surface area contributed by atoms with E-state index in [0.29, 0.717) is 25.1 Å². The van der Waals surface area contributed by atoms with Gasteiger partial charge >= 0.3 is 6.09 Å². The van der Waals surface area contributed by atoms with E-state index >= 15 is 0 Å². The highest BCUT2D eigenvalue weighted by Gasteiger charge is 2.53. The van der Waals surface area contributed by atoms with Crippen LogP contribution >= 0.6 is 0 Å². The van der Waals surface area contributed by atoms with Crippen LogP contribution in [-0.2, 0) is 16.0 Å². The summed E-state index contributed by atoms with van der Waals surface area (Å²) in [6.45, 7) is 0.316. The Morgan fingerprint density at radius 2 is 1.82 bits per heavy atom. The van der Waals surface area contributed by atoms with Gasteiger partial charge in [-0.15, -0.1) is 0 Å². The zero-order valence-electron chi connectivity index (χ0n) is 18.3. The number of likely N-dealkylation sites (tertiary alicyclic amines) is 1. The SMILES string of the molecule is CN1N=C2CCN(C(=O)[C@@H](COc3ccccc3)NC(=O)O)C[C@@]2(Cc2ccccc2)C1=O. The zero-order chi connectivity index (χ0) is 23.4. The molecule has 2 aromatic rings. The molecule has 2 heterocycles. The quantitative estimate of drug-likeness (QED) is 0.670. The van der Waals surface area contributed by atoms with Gasteiger partial charge in [0.15, 0.2) is 0 Å². The van der Waals surface area contributed by atoms with Gasteiger partial charge in [0.05, 0.1) is 5.71 Å². The Morgan fingerprint density at radius 1 is 1.15 bits per heavy atom. The van der Waals surface area contributed by atoms with E-state index in [9.17, 15) is 19.5 Å². The number of carbonyl (C=O) groups excluding carboxylic acids is 2. The van der Waals surface area contributed by atoms with Crippen molar-refractivity contribution < 1.29 is 24.2 Å². The Balaban J connectivity index is 1.55. The lowest BCUT2D eigenvalue weighted by molar-refractivity contribution is -0.141. The summed E-state index contributed by atoms with van der Waals surface area (Å²) in [4.78, 5) is 39.5. The van der Waals surface area contributed by atoms with E-state index in [1.807, 2.05) is 36.4 Å². The number of fused-ring (bicyclic) bond motifs is 1. The third kappa shape index (κ3) is 4.67. The van der Waals surface area contributed by atoms with E-state index in [-0.39, 0.29) is 19.1 Å². The summed E-state index contributed by atoms with van der Waals surface area (Å²) >= 11 is 0. The predicted octanol–water partition coefficient (Wildman–Crippen LogP) is 1.99. The lowest BCUT2D eigenvalue weighted by atomic mass is 9.73. The van der Waals surface area contributed by atoms with Crippen molar-refractivity contribution >= 4 is 23.6 Å². The number of benzene rings is 2. The van der Waals surface area contributed by atoms with Gasteiger partial charge in [0.2, 0.25) is 5.91 Å². The minimum Gasteiger partial charge on any atom is -0.491 e. The number of rotatable bonds is 7. The smallest absolute Gasteiger partial charge is 0.405 e. The van der Waals surface area contributed by atoms with Crippen molar-refractivity contribution in [2.45, 2.75) is 18.9 Å². The lowest BCUT2D eigenvalue weighted by Crippen LogP contribution is -2.59. The van der Waals surface area contributed by atoms with E-state index in [1.165, 1.54) is 5.01 Å². The molecule has 0 spiro atoms. The number of carbonyl (C=O) groups is 3. The lowest BCUT2D eigenvalue weighted by Gasteiger charge is -2.40. The molecule has 2 aliphatic rings. The molecule has 2 N–H and O–H groups in total. The maximum Gasteiger partial charge on any atom is 0.405 e. The Kier molecular flexibility index (Phi) is 6.30. The average molecular weight is 450 g/mol. The fourth-order valence-corrected chi connectivity index (χ4v) is 4.46. The second-order valence-electron chi connectivity index (χ2n) is 8.26. The molecule has 1 saturated heterocycles. The van der Waals surface area contributed by atoms with E-state index in [4.69, 9.17) is 4.74 Å². The summed E-state index contributed by atoms with van der Waals surface area (Å²) in [5.41, 5.74) is 0.764. The standard InChI is InChI=1S/C24H26N4O5/c1-27-22(30)24(14-17-8-4-2-5-9-17)16-28(13-12-20(24)26-27)21(29)19(25-23(31)32)15-33-18-10-6-3-7-11-18/h2-11,19,25H,12-16H2,1H3,(H,31,32)/t19-,24-/m1/s1. The Morgan fingerprint density at radius 3 is 2.48 bits per heavy atom. The molecule has 0 bridgehead atoms. The Hall–Kier alpha value is -3.88. The summed E-state index contributed by atoms with van der Waals surface area (Å²) in [6.07, 6.45) is -0.467. The summed E-state index contributed by atoms with van der Waals surface area (Å²) in [5, 5.41) is 17.3. The van der Waals surface area contributed by atoms with Gasteiger partial charge in [-0.1, -0.05) is 48.5 Å². The molecular formula is C24H26N4O5. The molecule has 0 unspecified atom stereocenters. The molecule has 0 saturated carbocycles. The van der Waals surface area contributed by atoms with Crippen molar-refractivity contribution in [1.29, 1.82) is 0 Å². The highest BCUT2D eigenvalue weighted by Crippen LogP contribution is 2.38. The fourth-order valence-electron chi connectivity index (χ4n) is 4.46. The van der Waals surface area contributed by atoms with Gasteiger partial charge < -0.3 is 20.1 Å². The van der Waals surface area contributed by atoms with E-state index in [2.05, 4.69) is 10.4 Å². The second-order valence-corrected chi connectivity index (χ2v) is 8.26. The first-order valence-electron chi connectivity index (χ1n) is 10.8. The summed E-state index contributed by atoms with van der Waals surface area (Å²) in [6, 6.07) is 17.4. The third-order valence-electron chi connectivity index (χ3n) is 6.02. The first-order chi connectivity index (χ1) is 15.9. The largest absolute Gasteiger partial charge is 0.491 e. The van der Waals surface area contributed by atoms with Crippen LogP contribution in [-0.4, -0.2) is 71.4 Å². The minimum atomic E-state index is -1.32. The van der Waals surface area contributed by atoms with Gasteiger partial charge in [0.25, 0.3) is 5.91 Å². The molecular weight excluding hydrogens is 424 g/mol. The van der Waals surface area contributed by atoms with Crippen molar-refractivity contribution in [3.63, 3.8) is 0 Å². The third-order valence-corrected chi connectivity index (χ3v) is 6.02. The number of amides is 3. The Labute approximate surface area is 191 Å². The molecule has 3 amide bonds. The molecule has 0 aromatic heterocycles. The first-order valence-corrected chi connectivity index (χ1v) is 10.8. The topological polar surface area (TPSA) is 112 Å². The number of hydrazone groups is 1. The molecule has 9 heteroatoms. The molecule has 4 rings (SSSR count). The molecule has 172 valence electrons. The normalized spacial score (nSPS) is 20.6. The number of hydrogen-bond acceptors (Lipinski definition) is 5. The molecule has 2 aromatic carbocycles. The van der Waals surface area contributed by atoms with E-state index < -0.39 is 23.5 Å². The van der Waals surface area contributed by atoms with Gasteiger partial charge in [-0.25, -0.2) is 9.80 Å². The van der Waals surface area contributed by atoms with Crippen LogP contribution in [0.5, 0.6) is 5.75 Å². The summed E-state index contributed by atoms with van der Waals surface area (Å²) < 4.78 is 5.65. The molecule has 1 fully saturated rings. The second kappa shape index (κ2) is 9.32. The molecule has 0 radical (unpaired) electrons. The van der Waals surface area contributed by atoms with Crippen molar-refractivity contribution in [3.05, 3.63) is 66.2 Å². The highest BCUT2D eigenvalue weighted by atomic mass is 16.5. The van der Waals surface area contributed by atoms with Crippen molar-refractivity contribution in [2.24, 2.45) is 10.5 Å². The monoisotopic (exact) mass is 450 g/mol. The van der Waals surface area contributed by atoms with Gasteiger partial charge in [-0.2, -0.15) is 5.10 Å². The van der Waals surface area contributed by atoms with Crippen molar-refractivity contribution in [3.8, 4) is 5.75 Å². The van der Waals surface area contributed by atoms with Crippen LogP contribution in [0.2, 0.25) is 0 Å². The van der Waals surface area contributed by atoms with Crippen molar-refractivity contribution in [1.82, 2.24) is 15.2 Å². The zero-order valence-corrected chi connectivity index (χ0v) is 18.3. The molecule has 0 aliphatic carbocycles. The van der Waals surface area contributed by atoms with Gasteiger partial charge in [0, 0.05) is 26.6 Å². The van der Waals surface area contributed by atoms with Gasteiger partial charge in [0.1, 0.15) is 23.8 Å². The van der Waals surface area contributed by atoms with Crippen LogP contribution in [0.3, 0.4) is 0 Å². The number of piperidine rings is 1. The number of nitrogens with one attached hydrogen (secondary N) is 1. The predicted molar refractivity (Wildman–Crippen MR) is 121 cm³/mol. The van der Waals surface area contributed by atoms with Gasteiger partial charge in [-0.3, -0.25) is 9.59 Å².